The van der Waals surface area contributed by atoms with Crippen LogP contribution in [-0.4, -0.2) is 24.4 Å². The van der Waals surface area contributed by atoms with Gasteiger partial charge in [-0.25, -0.2) is 0 Å². The number of hydrogen-bond acceptors (Lipinski definition) is 1. The molecule has 0 atom stereocenters. The average Bonchev–Trinajstić information content (AvgIpc) is 2.86. The quantitative estimate of drug-likeness (QED) is 0.748. The zero-order valence-electron chi connectivity index (χ0n) is 12.4. The first kappa shape index (κ1) is 15.3. The highest BCUT2D eigenvalue weighted by Crippen LogP contribution is 2.17. The maximum absolute atomic E-state index is 10.2. The van der Waals surface area contributed by atoms with Crippen molar-refractivity contribution in [3.8, 4) is 11.1 Å². The van der Waals surface area contributed by atoms with Crippen molar-refractivity contribution in [3.63, 3.8) is 0 Å². The van der Waals surface area contributed by atoms with Crippen LogP contribution in [0.1, 0.15) is 25.7 Å². The summed E-state index contributed by atoms with van der Waals surface area (Å²) in [5.74, 6) is 0. The molecule has 0 N–H and O–H groups in total. The Morgan fingerprint density at radius 1 is 0.667 bits per heavy atom. The molecule has 1 fully saturated rings. The Balaban J connectivity index is 0.000000161. The summed E-state index contributed by atoms with van der Waals surface area (Å²) in [4.78, 5) is 12.1. The first-order chi connectivity index (χ1) is 10.4. The summed E-state index contributed by atoms with van der Waals surface area (Å²) in [6.07, 6.45) is 5.94. The molecule has 0 bridgehead atoms. The van der Waals surface area contributed by atoms with E-state index in [0.29, 0.717) is 0 Å². The molecule has 2 nitrogen and oxygen atoms in total. The van der Waals surface area contributed by atoms with E-state index in [1.807, 2.05) is 17.0 Å². The van der Waals surface area contributed by atoms with E-state index >= 15 is 0 Å². The zero-order valence-corrected chi connectivity index (χ0v) is 12.4. The fourth-order valence-electron chi connectivity index (χ4n) is 2.46. The maximum Gasteiger partial charge on any atom is 0.209 e. The van der Waals surface area contributed by atoms with Crippen LogP contribution < -0.4 is 0 Å². The Morgan fingerprint density at radius 3 is 1.48 bits per heavy atom. The zero-order chi connectivity index (χ0) is 14.8. The normalized spacial score (nSPS) is 14.6. The molecule has 0 saturated carbocycles. The minimum Gasteiger partial charge on any atom is -0.345 e. The minimum atomic E-state index is 0.964. The molecule has 21 heavy (non-hydrogen) atoms. The lowest BCUT2D eigenvalue weighted by Crippen LogP contribution is -2.22. The molecule has 0 aliphatic carbocycles. The fraction of sp³-hybridized carbons (Fsp3) is 0.316. The summed E-state index contributed by atoms with van der Waals surface area (Å²) < 4.78 is 0. The maximum atomic E-state index is 10.2. The average molecular weight is 281 g/mol. The second kappa shape index (κ2) is 8.96. The van der Waals surface area contributed by atoms with Gasteiger partial charge in [0.25, 0.3) is 0 Å². The highest BCUT2D eigenvalue weighted by Gasteiger charge is 2.04. The summed E-state index contributed by atoms with van der Waals surface area (Å²) >= 11 is 0. The third-order valence-corrected chi connectivity index (χ3v) is 3.67. The van der Waals surface area contributed by atoms with Gasteiger partial charge in [0, 0.05) is 13.1 Å². The Hall–Kier alpha value is -2.09. The van der Waals surface area contributed by atoms with Crippen molar-refractivity contribution >= 4 is 6.41 Å². The number of nitrogens with zero attached hydrogens (tertiary/aromatic N) is 1. The van der Waals surface area contributed by atoms with Crippen LogP contribution >= 0.6 is 0 Å². The van der Waals surface area contributed by atoms with Crippen LogP contribution in [0.5, 0.6) is 0 Å². The van der Waals surface area contributed by atoms with Crippen molar-refractivity contribution < 1.29 is 4.79 Å². The molecule has 1 aliphatic heterocycles. The van der Waals surface area contributed by atoms with E-state index in [1.165, 1.54) is 36.8 Å². The van der Waals surface area contributed by atoms with Gasteiger partial charge in [-0.3, -0.25) is 4.79 Å². The molecule has 2 aromatic rings. The third kappa shape index (κ3) is 5.42. The van der Waals surface area contributed by atoms with E-state index in [4.69, 9.17) is 0 Å². The van der Waals surface area contributed by atoms with E-state index in [-0.39, 0.29) is 0 Å². The summed E-state index contributed by atoms with van der Waals surface area (Å²) in [5, 5.41) is 0. The van der Waals surface area contributed by atoms with Gasteiger partial charge in [0.2, 0.25) is 6.41 Å². The lowest BCUT2D eigenvalue weighted by molar-refractivity contribution is -0.118. The molecule has 0 spiro atoms. The molecule has 0 radical (unpaired) electrons. The van der Waals surface area contributed by atoms with Gasteiger partial charge in [0.05, 0.1) is 0 Å². The van der Waals surface area contributed by atoms with Gasteiger partial charge in [-0.15, -0.1) is 0 Å². The van der Waals surface area contributed by atoms with Crippen LogP contribution in [0.4, 0.5) is 0 Å². The second-order valence-electron chi connectivity index (χ2n) is 5.29. The molecule has 1 amide bonds. The summed E-state index contributed by atoms with van der Waals surface area (Å²) in [5.41, 5.74) is 2.55. The number of benzene rings is 2. The van der Waals surface area contributed by atoms with Crippen molar-refractivity contribution in [1.29, 1.82) is 0 Å². The van der Waals surface area contributed by atoms with Gasteiger partial charge in [0.1, 0.15) is 0 Å². The molecule has 1 heterocycles. The minimum absolute atomic E-state index is 0.964. The number of hydrogen-bond donors (Lipinski definition) is 0. The molecule has 1 saturated heterocycles. The fourth-order valence-corrected chi connectivity index (χ4v) is 2.46. The first-order valence-electron chi connectivity index (χ1n) is 7.70. The third-order valence-electron chi connectivity index (χ3n) is 3.67. The van der Waals surface area contributed by atoms with Crippen molar-refractivity contribution in [2.75, 3.05) is 13.1 Å². The Bertz CT molecular complexity index is 464. The lowest BCUT2D eigenvalue weighted by Gasteiger charge is -2.11. The van der Waals surface area contributed by atoms with E-state index in [2.05, 4.69) is 48.5 Å². The molecular weight excluding hydrogens is 258 g/mol. The standard InChI is InChI=1S/C12H10.C7H13NO/c1-3-7-11(8-4-1)12-9-5-2-6-10-12;9-7-8-5-3-1-2-4-6-8/h1-10H;7H,1-6H2. The van der Waals surface area contributed by atoms with E-state index in [1.54, 1.807) is 0 Å². The van der Waals surface area contributed by atoms with Gasteiger partial charge in [-0.1, -0.05) is 73.5 Å². The number of amides is 1. The number of carbonyl (C=O) groups excluding carboxylic acids is 1. The predicted molar refractivity (Wildman–Crippen MR) is 88.0 cm³/mol. The van der Waals surface area contributed by atoms with Gasteiger partial charge in [-0.05, 0) is 24.0 Å². The highest BCUT2D eigenvalue weighted by atomic mass is 16.1. The number of rotatable bonds is 2. The number of likely N-dealkylation sites (tertiary alicyclic amines) is 1. The molecule has 2 aromatic carbocycles. The van der Waals surface area contributed by atoms with Crippen LogP contribution in [-0.2, 0) is 4.79 Å². The van der Waals surface area contributed by atoms with Crippen molar-refractivity contribution in [2.24, 2.45) is 0 Å². The highest BCUT2D eigenvalue weighted by molar-refractivity contribution is 5.62. The summed E-state index contributed by atoms with van der Waals surface area (Å²) in [6.45, 7) is 1.95. The summed E-state index contributed by atoms with van der Waals surface area (Å²) in [6, 6.07) is 20.8. The van der Waals surface area contributed by atoms with E-state index in [0.717, 1.165) is 19.5 Å². The molecule has 3 rings (SSSR count). The molecule has 2 heteroatoms. The molecular formula is C19H23NO. The molecule has 0 aromatic heterocycles. The summed E-state index contributed by atoms with van der Waals surface area (Å²) in [7, 11) is 0. The van der Waals surface area contributed by atoms with Crippen LogP contribution in [0, 0.1) is 0 Å². The topological polar surface area (TPSA) is 20.3 Å². The predicted octanol–water partition coefficient (Wildman–Crippen LogP) is 4.37. The van der Waals surface area contributed by atoms with Crippen molar-refractivity contribution in [2.45, 2.75) is 25.7 Å². The van der Waals surface area contributed by atoms with Gasteiger partial charge >= 0.3 is 0 Å². The van der Waals surface area contributed by atoms with E-state index < -0.39 is 0 Å². The van der Waals surface area contributed by atoms with Gasteiger partial charge in [0.15, 0.2) is 0 Å². The first-order valence-corrected chi connectivity index (χ1v) is 7.70. The Kier molecular flexibility index (Phi) is 6.53. The van der Waals surface area contributed by atoms with Gasteiger partial charge in [-0.2, -0.15) is 0 Å². The molecule has 110 valence electrons. The smallest absolute Gasteiger partial charge is 0.209 e. The van der Waals surface area contributed by atoms with Crippen LogP contribution in [0.3, 0.4) is 0 Å². The van der Waals surface area contributed by atoms with Crippen LogP contribution in [0.15, 0.2) is 60.7 Å². The largest absolute Gasteiger partial charge is 0.345 e. The Morgan fingerprint density at radius 2 is 1.10 bits per heavy atom. The van der Waals surface area contributed by atoms with E-state index in [9.17, 15) is 4.79 Å². The van der Waals surface area contributed by atoms with Gasteiger partial charge < -0.3 is 4.90 Å². The second-order valence-corrected chi connectivity index (χ2v) is 5.29. The molecule has 1 aliphatic rings. The monoisotopic (exact) mass is 281 g/mol. The van der Waals surface area contributed by atoms with Crippen molar-refractivity contribution in [1.82, 2.24) is 4.90 Å². The van der Waals surface area contributed by atoms with Crippen molar-refractivity contribution in [3.05, 3.63) is 60.7 Å². The SMILES string of the molecule is O=CN1CCCCCC1.c1ccc(-c2ccccc2)cc1. The molecule has 0 unspecified atom stereocenters. The number of carbonyl (C=O) groups is 1. The lowest BCUT2D eigenvalue weighted by atomic mass is 10.1. The Labute approximate surface area is 127 Å². The van der Waals surface area contributed by atoms with Crippen LogP contribution in [0.2, 0.25) is 0 Å². The van der Waals surface area contributed by atoms with Crippen LogP contribution in [0.25, 0.3) is 11.1 Å².